The van der Waals surface area contributed by atoms with E-state index in [0.717, 1.165) is 25.8 Å². The Morgan fingerprint density at radius 1 is 1.71 bits per heavy atom. The molecule has 1 fully saturated rings. The lowest BCUT2D eigenvalue weighted by Gasteiger charge is -2.21. The number of carbonyl (C=O) groups excluding carboxylic acids is 1. The molecule has 0 aromatic heterocycles. The smallest absolute Gasteiger partial charge is 0.223 e. The molecule has 2 atom stereocenters. The van der Waals surface area contributed by atoms with Crippen LogP contribution in [0.15, 0.2) is 0 Å². The summed E-state index contributed by atoms with van der Waals surface area (Å²) in [7, 11) is 0. The van der Waals surface area contributed by atoms with E-state index in [0.29, 0.717) is 12.3 Å². The Balaban J connectivity index is 2.48. The lowest BCUT2D eigenvalue weighted by atomic mass is 10.0. The zero-order valence-electron chi connectivity index (χ0n) is 8.99. The summed E-state index contributed by atoms with van der Waals surface area (Å²) in [5, 5.41) is 8.83. The van der Waals surface area contributed by atoms with Crippen molar-refractivity contribution >= 4 is 5.91 Å². The zero-order chi connectivity index (χ0) is 10.6. The standard InChI is InChI=1S/C11H18N2O/c1-3-9(2)7-11(14)13-6-4-5-10(13)8-12/h9-10H,3-7H2,1-2H3. The van der Waals surface area contributed by atoms with E-state index in [1.807, 2.05) is 0 Å². The monoisotopic (exact) mass is 194 g/mol. The maximum absolute atomic E-state index is 11.8. The molecule has 1 aliphatic rings. The van der Waals surface area contributed by atoms with E-state index in [2.05, 4.69) is 19.9 Å². The van der Waals surface area contributed by atoms with Gasteiger partial charge < -0.3 is 4.90 Å². The van der Waals surface area contributed by atoms with Crippen molar-refractivity contribution in [2.75, 3.05) is 6.54 Å². The predicted octanol–water partition coefficient (Wildman–Crippen LogP) is 1.94. The molecular weight excluding hydrogens is 176 g/mol. The van der Waals surface area contributed by atoms with Crippen molar-refractivity contribution in [3.05, 3.63) is 0 Å². The van der Waals surface area contributed by atoms with Gasteiger partial charge >= 0.3 is 0 Å². The molecule has 0 aliphatic carbocycles. The highest BCUT2D eigenvalue weighted by molar-refractivity contribution is 5.77. The van der Waals surface area contributed by atoms with E-state index in [-0.39, 0.29) is 11.9 Å². The molecule has 0 radical (unpaired) electrons. The van der Waals surface area contributed by atoms with Crippen molar-refractivity contribution in [1.82, 2.24) is 4.90 Å². The van der Waals surface area contributed by atoms with E-state index in [1.54, 1.807) is 4.90 Å². The van der Waals surface area contributed by atoms with E-state index in [9.17, 15) is 4.79 Å². The van der Waals surface area contributed by atoms with Gasteiger partial charge in [0, 0.05) is 13.0 Å². The normalized spacial score (nSPS) is 23.2. The van der Waals surface area contributed by atoms with Gasteiger partial charge in [-0.1, -0.05) is 20.3 Å². The predicted molar refractivity (Wildman–Crippen MR) is 54.4 cm³/mol. The molecule has 3 heteroatoms. The van der Waals surface area contributed by atoms with Gasteiger partial charge in [0.2, 0.25) is 5.91 Å². The second-order valence-corrected chi connectivity index (χ2v) is 4.09. The summed E-state index contributed by atoms with van der Waals surface area (Å²) in [4.78, 5) is 13.5. The number of rotatable bonds is 3. The third kappa shape index (κ3) is 2.47. The van der Waals surface area contributed by atoms with Crippen molar-refractivity contribution in [2.24, 2.45) is 5.92 Å². The zero-order valence-corrected chi connectivity index (χ0v) is 8.99. The Kier molecular flexibility index (Phi) is 3.94. The maximum atomic E-state index is 11.8. The quantitative estimate of drug-likeness (QED) is 0.689. The largest absolute Gasteiger partial charge is 0.327 e. The number of carbonyl (C=O) groups is 1. The van der Waals surface area contributed by atoms with Crippen molar-refractivity contribution in [3.63, 3.8) is 0 Å². The van der Waals surface area contributed by atoms with Crippen LogP contribution in [0.4, 0.5) is 0 Å². The van der Waals surface area contributed by atoms with Gasteiger partial charge in [-0.05, 0) is 18.8 Å². The molecule has 1 amide bonds. The fourth-order valence-corrected chi connectivity index (χ4v) is 1.76. The fraction of sp³-hybridized carbons (Fsp3) is 0.818. The fourth-order valence-electron chi connectivity index (χ4n) is 1.76. The van der Waals surface area contributed by atoms with Crippen LogP contribution in [0.3, 0.4) is 0 Å². The van der Waals surface area contributed by atoms with E-state index < -0.39 is 0 Å². The van der Waals surface area contributed by atoms with Crippen LogP contribution in [0.25, 0.3) is 0 Å². The minimum atomic E-state index is -0.161. The van der Waals surface area contributed by atoms with Crippen LogP contribution in [-0.4, -0.2) is 23.4 Å². The molecule has 78 valence electrons. The molecule has 0 spiro atoms. The van der Waals surface area contributed by atoms with Gasteiger partial charge in [0.25, 0.3) is 0 Å². The number of nitriles is 1. The highest BCUT2D eigenvalue weighted by Gasteiger charge is 2.28. The van der Waals surface area contributed by atoms with Gasteiger partial charge in [0.05, 0.1) is 6.07 Å². The SMILES string of the molecule is CCC(C)CC(=O)N1CCCC1C#N. The summed E-state index contributed by atoms with van der Waals surface area (Å²) in [6, 6.07) is 2.03. The lowest BCUT2D eigenvalue weighted by Crippen LogP contribution is -2.35. The van der Waals surface area contributed by atoms with Gasteiger partial charge in [0.15, 0.2) is 0 Å². The topological polar surface area (TPSA) is 44.1 Å². The van der Waals surface area contributed by atoms with Gasteiger partial charge in [0.1, 0.15) is 6.04 Å². The van der Waals surface area contributed by atoms with E-state index in [4.69, 9.17) is 5.26 Å². The number of likely N-dealkylation sites (tertiary alicyclic amines) is 1. The molecule has 1 aliphatic heterocycles. The molecule has 0 N–H and O–H groups in total. The summed E-state index contributed by atoms with van der Waals surface area (Å²) >= 11 is 0. The van der Waals surface area contributed by atoms with Crippen molar-refractivity contribution in [1.29, 1.82) is 5.26 Å². The van der Waals surface area contributed by atoms with E-state index in [1.165, 1.54) is 0 Å². The minimum absolute atomic E-state index is 0.156. The molecule has 0 bridgehead atoms. The first-order valence-corrected chi connectivity index (χ1v) is 5.38. The van der Waals surface area contributed by atoms with Crippen LogP contribution in [0.5, 0.6) is 0 Å². The van der Waals surface area contributed by atoms with Crippen molar-refractivity contribution in [2.45, 2.75) is 45.6 Å². The first-order valence-electron chi connectivity index (χ1n) is 5.38. The molecule has 3 nitrogen and oxygen atoms in total. The number of amides is 1. The first-order chi connectivity index (χ1) is 6.69. The molecule has 0 aromatic carbocycles. The van der Waals surface area contributed by atoms with Gasteiger partial charge in [-0.2, -0.15) is 5.26 Å². The summed E-state index contributed by atoms with van der Waals surface area (Å²) in [6.45, 7) is 4.94. The highest BCUT2D eigenvalue weighted by atomic mass is 16.2. The summed E-state index contributed by atoms with van der Waals surface area (Å²) < 4.78 is 0. The molecule has 1 heterocycles. The molecule has 1 rings (SSSR count). The minimum Gasteiger partial charge on any atom is -0.327 e. The van der Waals surface area contributed by atoms with Gasteiger partial charge in [-0.25, -0.2) is 0 Å². The Hall–Kier alpha value is -1.04. The summed E-state index contributed by atoms with van der Waals surface area (Å²) in [6.07, 6.45) is 3.44. The van der Waals surface area contributed by atoms with Crippen LogP contribution in [0, 0.1) is 17.2 Å². The summed E-state index contributed by atoms with van der Waals surface area (Å²) in [5.41, 5.74) is 0. The van der Waals surface area contributed by atoms with Crippen molar-refractivity contribution < 1.29 is 4.79 Å². The average molecular weight is 194 g/mol. The maximum Gasteiger partial charge on any atom is 0.223 e. The van der Waals surface area contributed by atoms with Gasteiger partial charge in [-0.15, -0.1) is 0 Å². The molecule has 0 aromatic rings. The molecule has 14 heavy (non-hydrogen) atoms. The Labute approximate surface area is 85.7 Å². The average Bonchev–Trinajstić information content (AvgIpc) is 2.65. The Bertz CT molecular complexity index is 244. The third-order valence-electron chi connectivity index (χ3n) is 2.94. The molecular formula is C11H18N2O. The van der Waals surface area contributed by atoms with Crippen LogP contribution < -0.4 is 0 Å². The number of hydrogen-bond acceptors (Lipinski definition) is 2. The molecule has 1 saturated heterocycles. The third-order valence-corrected chi connectivity index (χ3v) is 2.94. The highest BCUT2D eigenvalue weighted by Crippen LogP contribution is 2.19. The first kappa shape index (κ1) is 11.0. The van der Waals surface area contributed by atoms with Crippen LogP contribution in [0.1, 0.15) is 39.5 Å². The second-order valence-electron chi connectivity index (χ2n) is 4.09. The summed E-state index contributed by atoms with van der Waals surface area (Å²) in [5.74, 6) is 0.589. The van der Waals surface area contributed by atoms with Crippen LogP contribution in [0.2, 0.25) is 0 Å². The van der Waals surface area contributed by atoms with Crippen LogP contribution in [-0.2, 0) is 4.79 Å². The lowest BCUT2D eigenvalue weighted by molar-refractivity contribution is -0.132. The molecule has 2 unspecified atom stereocenters. The Morgan fingerprint density at radius 3 is 3.00 bits per heavy atom. The Morgan fingerprint density at radius 2 is 2.43 bits per heavy atom. The van der Waals surface area contributed by atoms with Crippen LogP contribution >= 0.6 is 0 Å². The number of hydrogen-bond donors (Lipinski definition) is 0. The second kappa shape index (κ2) is 4.99. The van der Waals surface area contributed by atoms with E-state index >= 15 is 0 Å². The van der Waals surface area contributed by atoms with Crippen molar-refractivity contribution in [3.8, 4) is 6.07 Å². The van der Waals surface area contributed by atoms with Gasteiger partial charge in [-0.3, -0.25) is 4.79 Å². The number of nitrogens with zero attached hydrogens (tertiary/aromatic N) is 2. The molecule has 0 saturated carbocycles.